The number of hydrazine groups is 1. The minimum absolute atomic E-state index is 0.327. The molecule has 1 aromatic heterocycles. The van der Waals surface area contributed by atoms with Gasteiger partial charge in [-0.25, -0.2) is 4.39 Å². The van der Waals surface area contributed by atoms with Crippen molar-refractivity contribution in [2.75, 3.05) is 0 Å². The fraction of sp³-hybridized carbons (Fsp3) is 0.357. The number of nitrogens with one attached hydrogen (secondary N) is 1. The van der Waals surface area contributed by atoms with Gasteiger partial charge in [-0.15, -0.1) is 0 Å². The molecule has 0 amide bonds. The standard InChI is InChI=1S/C14H17Cl2FN4/c1-3-21-12(14(16)8(2)20-21)7-11(19-18)13-9(15)5-4-6-10(13)17/h4-6,11,19H,3,7,18H2,1-2H3. The van der Waals surface area contributed by atoms with Crippen LogP contribution in [-0.4, -0.2) is 9.78 Å². The summed E-state index contributed by atoms with van der Waals surface area (Å²) in [6.07, 6.45) is 0.394. The first-order valence-corrected chi connectivity index (χ1v) is 7.37. The molecular weight excluding hydrogens is 314 g/mol. The van der Waals surface area contributed by atoms with Crippen molar-refractivity contribution in [3.05, 3.63) is 51.0 Å². The van der Waals surface area contributed by atoms with Gasteiger partial charge in [-0.1, -0.05) is 29.3 Å². The summed E-state index contributed by atoms with van der Waals surface area (Å²) in [4.78, 5) is 0. The molecule has 0 radical (unpaired) electrons. The summed E-state index contributed by atoms with van der Waals surface area (Å²) in [5.74, 6) is 5.19. The second kappa shape index (κ2) is 6.75. The van der Waals surface area contributed by atoms with Crippen LogP contribution in [-0.2, 0) is 13.0 Å². The summed E-state index contributed by atoms with van der Waals surface area (Å²) < 4.78 is 15.8. The number of nitrogens with two attached hydrogens (primary N) is 1. The zero-order valence-electron chi connectivity index (χ0n) is 11.8. The molecule has 114 valence electrons. The zero-order valence-corrected chi connectivity index (χ0v) is 13.3. The first-order chi connectivity index (χ1) is 9.99. The monoisotopic (exact) mass is 330 g/mol. The number of nitrogens with zero attached hydrogens (tertiary/aromatic N) is 2. The van der Waals surface area contributed by atoms with Crippen LogP contribution in [0.2, 0.25) is 10.0 Å². The number of aryl methyl sites for hydroxylation is 2. The van der Waals surface area contributed by atoms with E-state index < -0.39 is 11.9 Å². The third-order valence-electron chi connectivity index (χ3n) is 3.40. The quantitative estimate of drug-likeness (QED) is 0.652. The highest BCUT2D eigenvalue weighted by Crippen LogP contribution is 2.30. The first-order valence-electron chi connectivity index (χ1n) is 6.61. The molecule has 21 heavy (non-hydrogen) atoms. The van der Waals surface area contributed by atoms with Crippen molar-refractivity contribution in [1.29, 1.82) is 0 Å². The maximum absolute atomic E-state index is 14.0. The van der Waals surface area contributed by atoms with Crippen molar-refractivity contribution in [1.82, 2.24) is 15.2 Å². The summed E-state index contributed by atoms with van der Waals surface area (Å²) >= 11 is 12.4. The lowest BCUT2D eigenvalue weighted by Gasteiger charge is -2.19. The maximum atomic E-state index is 14.0. The van der Waals surface area contributed by atoms with Crippen molar-refractivity contribution < 1.29 is 4.39 Å². The average molecular weight is 331 g/mol. The SMILES string of the molecule is CCn1nc(C)c(Cl)c1CC(NN)c1c(F)cccc1Cl. The van der Waals surface area contributed by atoms with E-state index in [0.717, 1.165) is 11.4 Å². The van der Waals surface area contributed by atoms with Crippen LogP contribution in [0.5, 0.6) is 0 Å². The fourth-order valence-electron chi connectivity index (χ4n) is 2.35. The molecule has 0 saturated carbocycles. The smallest absolute Gasteiger partial charge is 0.129 e. The second-order valence-corrected chi connectivity index (χ2v) is 5.51. The number of hydrogen-bond acceptors (Lipinski definition) is 3. The van der Waals surface area contributed by atoms with Gasteiger partial charge < -0.3 is 0 Å². The fourth-order valence-corrected chi connectivity index (χ4v) is 2.85. The third kappa shape index (κ3) is 3.21. The Kier molecular flexibility index (Phi) is 5.22. The van der Waals surface area contributed by atoms with Gasteiger partial charge >= 0.3 is 0 Å². The van der Waals surface area contributed by atoms with Crippen LogP contribution in [0.1, 0.15) is 29.9 Å². The highest BCUT2D eigenvalue weighted by molar-refractivity contribution is 6.32. The number of rotatable bonds is 5. The Balaban J connectivity index is 2.41. The van der Waals surface area contributed by atoms with Gasteiger partial charge in [-0.05, 0) is 26.0 Å². The van der Waals surface area contributed by atoms with Crippen molar-refractivity contribution in [2.24, 2.45) is 5.84 Å². The molecule has 0 aliphatic rings. The Hall–Kier alpha value is -1.14. The van der Waals surface area contributed by atoms with Gasteiger partial charge in [0, 0.05) is 23.6 Å². The minimum Gasteiger partial charge on any atom is -0.271 e. The largest absolute Gasteiger partial charge is 0.271 e. The Morgan fingerprint density at radius 3 is 2.71 bits per heavy atom. The van der Waals surface area contributed by atoms with Crippen molar-refractivity contribution in [2.45, 2.75) is 32.9 Å². The third-order valence-corrected chi connectivity index (χ3v) is 4.22. The van der Waals surface area contributed by atoms with E-state index in [1.165, 1.54) is 6.07 Å². The Morgan fingerprint density at radius 2 is 2.14 bits per heavy atom. The lowest BCUT2D eigenvalue weighted by molar-refractivity contribution is 0.490. The second-order valence-electron chi connectivity index (χ2n) is 4.72. The van der Waals surface area contributed by atoms with Crippen molar-refractivity contribution in [3.63, 3.8) is 0 Å². The van der Waals surface area contributed by atoms with E-state index in [1.54, 1.807) is 16.8 Å². The van der Waals surface area contributed by atoms with Crippen LogP contribution in [0.4, 0.5) is 4.39 Å². The predicted octanol–water partition coefficient (Wildman–Crippen LogP) is 3.40. The summed E-state index contributed by atoms with van der Waals surface area (Å²) in [6, 6.07) is 4.06. The molecule has 1 heterocycles. The van der Waals surface area contributed by atoms with Gasteiger partial charge in [0.25, 0.3) is 0 Å². The van der Waals surface area contributed by atoms with Crippen molar-refractivity contribution in [3.8, 4) is 0 Å². The van der Waals surface area contributed by atoms with Gasteiger partial charge in [-0.2, -0.15) is 5.10 Å². The van der Waals surface area contributed by atoms with E-state index in [4.69, 9.17) is 29.0 Å². The normalized spacial score (nSPS) is 12.7. The number of hydrogen-bond donors (Lipinski definition) is 2. The molecular formula is C14H17Cl2FN4. The van der Waals surface area contributed by atoms with Crippen LogP contribution in [0.25, 0.3) is 0 Å². The van der Waals surface area contributed by atoms with E-state index >= 15 is 0 Å². The molecule has 0 bridgehead atoms. The number of aromatic nitrogens is 2. The van der Waals surface area contributed by atoms with Gasteiger partial charge in [0.05, 0.1) is 22.5 Å². The minimum atomic E-state index is -0.488. The molecule has 1 unspecified atom stereocenters. The predicted molar refractivity (Wildman–Crippen MR) is 82.8 cm³/mol. The Morgan fingerprint density at radius 1 is 1.43 bits per heavy atom. The Bertz CT molecular complexity index is 622. The van der Waals surface area contributed by atoms with Gasteiger partial charge in [-0.3, -0.25) is 16.0 Å². The lowest BCUT2D eigenvalue weighted by Crippen LogP contribution is -2.31. The van der Waals surface area contributed by atoms with E-state index in [9.17, 15) is 4.39 Å². The topological polar surface area (TPSA) is 55.9 Å². The lowest BCUT2D eigenvalue weighted by atomic mass is 10.0. The van der Waals surface area contributed by atoms with Crippen LogP contribution in [0.3, 0.4) is 0 Å². The summed E-state index contributed by atoms with van der Waals surface area (Å²) in [7, 11) is 0. The maximum Gasteiger partial charge on any atom is 0.129 e. The molecule has 1 aromatic carbocycles. The van der Waals surface area contributed by atoms with Crippen LogP contribution in [0, 0.1) is 12.7 Å². The molecule has 2 aromatic rings. The zero-order chi connectivity index (χ0) is 15.6. The van der Waals surface area contributed by atoms with E-state index in [0.29, 0.717) is 28.6 Å². The van der Waals surface area contributed by atoms with Crippen LogP contribution < -0.4 is 11.3 Å². The summed E-state index contributed by atoms with van der Waals surface area (Å²) in [5.41, 5.74) is 4.49. The molecule has 0 saturated heterocycles. The van der Waals surface area contributed by atoms with Gasteiger partial charge in [0.15, 0.2) is 0 Å². The first kappa shape index (κ1) is 16.2. The molecule has 1 atom stereocenters. The molecule has 0 spiro atoms. The van der Waals surface area contributed by atoms with Crippen LogP contribution >= 0.6 is 23.2 Å². The number of halogens is 3. The van der Waals surface area contributed by atoms with E-state index in [-0.39, 0.29) is 0 Å². The molecule has 3 N–H and O–H groups in total. The highest BCUT2D eigenvalue weighted by atomic mass is 35.5. The van der Waals surface area contributed by atoms with E-state index in [2.05, 4.69) is 10.5 Å². The van der Waals surface area contributed by atoms with Gasteiger partial charge in [0.1, 0.15) is 5.82 Å². The summed E-state index contributed by atoms with van der Waals surface area (Å²) in [6.45, 7) is 4.47. The highest BCUT2D eigenvalue weighted by Gasteiger charge is 2.22. The molecule has 0 aliphatic carbocycles. The Labute approximate surface area is 133 Å². The number of benzene rings is 1. The summed E-state index contributed by atoms with van der Waals surface area (Å²) in [5, 5.41) is 5.24. The molecule has 2 rings (SSSR count). The molecule has 4 nitrogen and oxygen atoms in total. The molecule has 0 fully saturated rings. The van der Waals surface area contributed by atoms with E-state index in [1.807, 2.05) is 13.8 Å². The van der Waals surface area contributed by atoms with Crippen LogP contribution in [0.15, 0.2) is 18.2 Å². The van der Waals surface area contributed by atoms with Crippen molar-refractivity contribution >= 4 is 23.2 Å². The molecule has 7 heteroatoms. The molecule has 0 aliphatic heterocycles. The average Bonchev–Trinajstić information content (AvgIpc) is 2.73. The van der Waals surface area contributed by atoms with Gasteiger partial charge in [0.2, 0.25) is 0 Å².